The van der Waals surface area contributed by atoms with Crippen LogP contribution in [0, 0.1) is 0 Å². The van der Waals surface area contributed by atoms with Gasteiger partial charge in [0.2, 0.25) is 0 Å². The van der Waals surface area contributed by atoms with Gasteiger partial charge < -0.3 is 5.32 Å². The molecule has 0 aromatic rings. The van der Waals surface area contributed by atoms with E-state index in [0.29, 0.717) is 0 Å². The fraction of sp³-hybridized carbons (Fsp3) is 0.846. The minimum Gasteiger partial charge on any atom is -0.317 e. The molecule has 160 valence electrons. The maximum absolute atomic E-state index is 4.24. The van der Waals surface area contributed by atoms with Crippen molar-refractivity contribution >= 4 is 0 Å². The third-order valence-electron chi connectivity index (χ3n) is 5.39. The molecule has 1 nitrogen and oxygen atoms in total. The lowest BCUT2D eigenvalue weighted by Crippen LogP contribution is -2.16. The van der Waals surface area contributed by atoms with Crippen LogP contribution in [0.5, 0.6) is 0 Å². The maximum atomic E-state index is 4.24. The molecule has 1 heteroatoms. The van der Waals surface area contributed by atoms with Gasteiger partial charge in [0.05, 0.1) is 0 Å². The highest BCUT2D eigenvalue weighted by Crippen LogP contribution is 2.13. The van der Waals surface area contributed by atoms with E-state index in [4.69, 9.17) is 0 Å². The maximum Gasteiger partial charge on any atom is -0.00489 e. The zero-order chi connectivity index (χ0) is 19.8. The predicted octanol–water partition coefficient (Wildman–Crippen LogP) is 8.75. The number of unbranched alkanes of at least 4 members (excludes halogenated alkanes) is 13. The molecule has 0 aromatic carbocycles. The Morgan fingerprint density at radius 3 is 1.78 bits per heavy atom. The normalized spacial score (nSPS) is 11.5. The van der Waals surface area contributed by atoms with Gasteiger partial charge in [-0.15, -0.1) is 0 Å². The summed E-state index contributed by atoms with van der Waals surface area (Å²) in [5, 5.41) is 3.61. The molecule has 0 aliphatic carbocycles. The number of hydrogen-bond acceptors (Lipinski definition) is 1. The highest BCUT2D eigenvalue weighted by molar-refractivity contribution is 5.02. The van der Waals surface area contributed by atoms with Gasteiger partial charge in [-0.05, 0) is 58.0 Å². The molecule has 0 fully saturated rings. The Labute approximate surface area is 172 Å². The molecule has 0 bridgehead atoms. The SMILES string of the molecule is C=C(C/C=C/CCCCCC)CCCCCCCNCCCCCCCC. The molecular weight excluding hydrogens is 326 g/mol. The van der Waals surface area contributed by atoms with Crippen LogP contribution < -0.4 is 5.32 Å². The molecule has 0 saturated carbocycles. The van der Waals surface area contributed by atoms with Gasteiger partial charge in [-0.2, -0.15) is 0 Å². The number of nitrogens with one attached hydrogen (secondary N) is 1. The Kier molecular flexibility index (Phi) is 23.0. The highest BCUT2D eigenvalue weighted by Gasteiger charge is 1.95. The molecule has 27 heavy (non-hydrogen) atoms. The predicted molar refractivity (Wildman–Crippen MR) is 126 cm³/mol. The lowest BCUT2D eigenvalue weighted by Gasteiger charge is -2.06. The lowest BCUT2D eigenvalue weighted by atomic mass is 10.0. The topological polar surface area (TPSA) is 12.0 Å². The molecule has 0 aliphatic rings. The van der Waals surface area contributed by atoms with E-state index in [1.54, 1.807) is 0 Å². The molecule has 0 spiro atoms. The van der Waals surface area contributed by atoms with E-state index in [2.05, 4.69) is 37.9 Å². The van der Waals surface area contributed by atoms with Crippen molar-refractivity contribution in [3.63, 3.8) is 0 Å². The molecular formula is C26H51N. The van der Waals surface area contributed by atoms with Crippen LogP contribution in [-0.2, 0) is 0 Å². The number of allylic oxidation sites excluding steroid dienone is 3. The number of hydrogen-bond donors (Lipinski definition) is 1. The van der Waals surface area contributed by atoms with Crippen LogP contribution in [0.15, 0.2) is 24.3 Å². The highest BCUT2D eigenvalue weighted by atomic mass is 14.8. The Morgan fingerprint density at radius 1 is 0.630 bits per heavy atom. The average molecular weight is 378 g/mol. The first kappa shape index (κ1) is 26.4. The molecule has 1 N–H and O–H groups in total. The van der Waals surface area contributed by atoms with Gasteiger partial charge in [0.15, 0.2) is 0 Å². The molecule has 0 aromatic heterocycles. The van der Waals surface area contributed by atoms with E-state index >= 15 is 0 Å². The fourth-order valence-corrected chi connectivity index (χ4v) is 3.47. The van der Waals surface area contributed by atoms with E-state index < -0.39 is 0 Å². The lowest BCUT2D eigenvalue weighted by molar-refractivity contribution is 0.544. The Morgan fingerprint density at radius 2 is 1.15 bits per heavy atom. The summed E-state index contributed by atoms with van der Waals surface area (Å²) in [6.07, 6.45) is 28.9. The second kappa shape index (κ2) is 23.5. The first-order chi connectivity index (χ1) is 13.3. The zero-order valence-electron chi connectivity index (χ0n) is 19.0. The summed E-state index contributed by atoms with van der Waals surface area (Å²) in [6, 6.07) is 0. The van der Waals surface area contributed by atoms with Crippen molar-refractivity contribution in [3.8, 4) is 0 Å². The van der Waals surface area contributed by atoms with Gasteiger partial charge in [-0.1, -0.05) is 109 Å². The van der Waals surface area contributed by atoms with Crippen molar-refractivity contribution in [3.05, 3.63) is 24.3 Å². The van der Waals surface area contributed by atoms with Gasteiger partial charge >= 0.3 is 0 Å². The minimum absolute atomic E-state index is 1.09. The van der Waals surface area contributed by atoms with Crippen LogP contribution in [-0.4, -0.2) is 13.1 Å². The largest absolute Gasteiger partial charge is 0.317 e. The van der Waals surface area contributed by atoms with Gasteiger partial charge in [0.25, 0.3) is 0 Å². The van der Waals surface area contributed by atoms with E-state index in [1.165, 1.54) is 128 Å². The Balaban J connectivity index is 3.19. The van der Waals surface area contributed by atoms with Gasteiger partial charge in [-0.3, -0.25) is 0 Å². The van der Waals surface area contributed by atoms with Crippen LogP contribution in [0.3, 0.4) is 0 Å². The minimum atomic E-state index is 1.09. The zero-order valence-corrected chi connectivity index (χ0v) is 19.0. The quantitative estimate of drug-likeness (QED) is 0.147. The van der Waals surface area contributed by atoms with Crippen molar-refractivity contribution in [1.29, 1.82) is 0 Å². The summed E-state index contributed by atoms with van der Waals surface area (Å²) in [5.41, 5.74) is 1.42. The number of rotatable bonds is 22. The summed E-state index contributed by atoms with van der Waals surface area (Å²) < 4.78 is 0. The van der Waals surface area contributed by atoms with Crippen LogP contribution in [0.2, 0.25) is 0 Å². The molecule has 0 atom stereocenters. The van der Waals surface area contributed by atoms with Crippen LogP contribution >= 0.6 is 0 Å². The van der Waals surface area contributed by atoms with Crippen molar-refractivity contribution in [2.45, 2.75) is 129 Å². The summed E-state index contributed by atoms with van der Waals surface area (Å²) in [6.45, 7) is 11.2. The fourth-order valence-electron chi connectivity index (χ4n) is 3.47. The first-order valence-corrected chi connectivity index (χ1v) is 12.3. The summed E-state index contributed by atoms with van der Waals surface area (Å²) >= 11 is 0. The average Bonchev–Trinajstić information content (AvgIpc) is 2.67. The third kappa shape index (κ3) is 23.4. The van der Waals surface area contributed by atoms with Crippen molar-refractivity contribution < 1.29 is 0 Å². The Hall–Kier alpha value is -0.560. The van der Waals surface area contributed by atoms with E-state index in [1.807, 2.05) is 0 Å². The van der Waals surface area contributed by atoms with E-state index in [-0.39, 0.29) is 0 Å². The van der Waals surface area contributed by atoms with Crippen LogP contribution in [0.4, 0.5) is 0 Å². The molecule has 0 aliphatic heterocycles. The molecule has 0 radical (unpaired) electrons. The Bertz CT molecular complexity index is 318. The van der Waals surface area contributed by atoms with Gasteiger partial charge in [-0.25, -0.2) is 0 Å². The molecule has 0 saturated heterocycles. The molecule has 0 amide bonds. The monoisotopic (exact) mass is 377 g/mol. The van der Waals surface area contributed by atoms with Crippen LogP contribution in [0.25, 0.3) is 0 Å². The summed E-state index contributed by atoms with van der Waals surface area (Å²) in [4.78, 5) is 0. The standard InChI is InChI=1S/C26H51N/c1-4-6-8-10-12-14-18-22-26(3)23-19-15-13-17-21-25-27-24-20-16-11-9-7-5-2/h14,18,27H,3-13,15-17,19-25H2,1-2H3/b18-14+. The third-order valence-corrected chi connectivity index (χ3v) is 5.39. The van der Waals surface area contributed by atoms with Gasteiger partial charge in [0, 0.05) is 0 Å². The van der Waals surface area contributed by atoms with Gasteiger partial charge in [0.1, 0.15) is 0 Å². The van der Waals surface area contributed by atoms with Crippen molar-refractivity contribution in [2.75, 3.05) is 13.1 Å². The van der Waals surface area contributed by atoms with E-state index in [9.17, 15) is 0 Å². The smallest absolute Gasteiger partial charge is 0.00489 e. The second-order valence-corrected chi connectivity index (χ2v) is 8.31. The van der Waals surface area contributed by atoms with Crippen molar-refractivity contribution in [2.24, 2.45) is 0 Å². The molecule has 0 unspecified atom stereocenters. The molecule has 0 heterocycles. The molecule has 0 rings (SSSR count). The summed E-state index contributed by atoms with van der Waals surface area (Å²) in [7, 11) is 0. The second-order valence-electron chi connectivity index (χ2n) is 8.31. The van der Waals surface area contributed by atoms with Crippen molar-refractivity contribution in [1.82, 2.24) is 5.32 Å². The first-order valence-electron chi connectivity index (χ1n) is 12.3. The van der Waals surface area contributed by atoms with Crippen LogP contribution in [0.1, 0.15) is 129 Å². The van der Waals surface area contributed by atoms with E-state index in [0.717, 1.165) is 6.42 Å². The summed E-state index contributed by atoms with van der Waals surface area (Å²) in [5.74, 6) is 0.